The predicted molar refractivity (Wildman–Crippen MR) is 118 cm³/mol. The van der Waals surface area contributed by atoms with Gasteiger partial charge >= 0.3 is 0 Å². The van der Waals surface area contributed by atoms with Crippen molar-refractivity contribution >= 4 is 17.5 Å². The molecule has 1 fully saturated rings. The van der Waals surface area contributed by atoms with E-state index in [1.165, 1.54) is 0 Å². The van der Waals surface area contributed by atoms with Crippen molar-refractivity contribution in [1.82, 2.24) is 9.97 Å². The van der Waals surface area contributed by atoms with Gasteiger partial charge in [-0.3, -0.25) is 0 Å². The second kappa shape index (κ2) is 9.96. The fraction of sp³-hybridized carbons (Fsp3) is 0.304. The molecule has 0 bridgehead atoms. The minimum atomic E-state index is -0.446. The smallest absolute Gasteiger partial charge is 0.226 e. The van der Waals surface area contributed by atoms with Gasteiger partial charge in [-0.25, -0.2) is 9.97 Å². The van der Waals surface area contributed by atoms with Crippen LogP contribution in [0.1, 0.15) is 23.0 Å². The summed E-state index contributed by atoms with van der Waals surface area (Å²) in [5, 5.41) is 0.398. The molecule has 2 aromatic carbocycles. The fourth-order valence-electron chi connectivity index (χ4n) is 3.34. The highest BCUT2D eigenvalue weighted by atomic mass is 35.5. The number of para-hydroxylation sites is 1. The van der Waals surface area contributed by atoms with Crippen molar-refractivity contribution in [3.8, 4) is 11.5 Å². The Hall–Kier alpha value is -2.87. The largest absolute Gasteiger partial charge is 0.497 e. The third-order valence-electron chi connectivity index (χ3n) is 4.90. The Labute approximate surface area is 186 Å². The van der Waals surface area contributed by atoms with Crippen LogP contribution in [0.3, 0.4) is 0 Å². The zero-order valence-corrected chi connectivity index (χ0v) is 18.2. The van der Waals surface area contributed by atoms with Crippen LogP contribution in [0.5, 0.6) is 11.5 Å². The molecule has 4 rings (SSSR count). The summed E-state index contributed by atoms with van der Waals surface area (Å²) >= 11 is 6.03. The third kappa shape index (κ3) is 5.25. The number of halogens is 1. The summed E-state index contributed by atoms with van der Waals surface area (Å²) in [5.41, 5.74) is 2.86. The second-order valence-corrected chi connectivity index (χ2v) is 7.47. The highest BCUT2D eigenvalue weighted by Crippen LogP contribution is 2.35. The molecule has 0 spiro atoms. The lowest BCUT2D eigenvalue weighted by atomic mass is 10.1. The van der Waals surface area contributed by atoms with Crippen LogP contribution in [0.15, 0.2) is 54.7 Å². The van der Waals surface area contributed by atoms with E-state index in [-0.39, 0.29) is 0 Å². The first-order valence-electron chi connectivity index (χ1n) is 9.94. The van der Waals surface area contributed by atoms with Crippen LogP contribution >= 0.6 is 11.6 Å². The van der Waals surface area contributed by atoms with Crippen LogP contribution in [-0.4, -0.2) is 37.3 Å². The van der Waals surface area contributed by atoms with Gasteiger partial charge in [0.1, 0.15) is 23.3 Å². The van der Waals surface area contributed by atoms with E-state index in [1.54, 1.807) is 19.4 Å². The predicted octanol–water partition coefficient (Wildman–Crippen LogP) is 4.40. The number of rotatable bonds is 8. The van der Waals surface area contributed by atoms with Crippen molar-refractivity contribution in [3.63, 3.8) is 0 Å². The van der Waals surface area contributed by atoms with Crippen molar-refractivity contribution in [2.24, 2.45) is 0 Å². The molecule has 162 valence electrons. The number of benzene rings is 2. The summed E-state index contributed by atoms with van der Waals surface area (Å²) in [6.07, 6.45) is 1.19. The van der Waals surface area contributed by atoms with Crippen molar-refractivity contribution in [3.05, 3.63) is 76.6 Å². The lowest BCUT2D eigenvalue weighted by Gasteiger charge is -2.22. The molecule has 0 unspecified atom stereocenters. The quantitative estimate of drug-likeness (QED) is 0.480. The molecule has 1 aliphatic heterocycles. The Morgan fingerprint density at radius 1 is 1.10 bits per heavy atom. The topological polar surface area (TPSA) is 65.9 Å². The minimum Gasteiger partial charge on any atom is -0.497 e. The van der Waals surface area contributed by atoms with Gasteiger partial charge in [0.25, 0.3) is 0 Å². The van der Waals surface area contributed by atoms with Gasteiger partial charge in [-0.1, -0.05) is 41.9 Å². The summed E-state index contributed by atoms with van der Waals surface area (Å²) in [5.74, 6) is 2.08. The highest BCUT2D eigenvalue weighted by Gasteiger charge is 2.24. The molecule has 31 heavy (non-hydrogen) atoms. The number of methoxy groups -OCH3 is 1. The first kappa shape index (κ1) is 21.4. The van der Waals surface area contributed by atoms with E-state index in [4.69, 9.17) is 30.5 Å². The Balaban J connectivity index is 1.59. The molecule has 8 heteroatoms. The van der Waals surface area contributed by atoms with Crippen molar-refractivity contribution in [2.75, 3.05) is 32.3 Å². The molecule has 3 aromatic rings. The molecule has 0 radical (unpaired) electrons. The zero-order chi connectivity index (χ0) is 21.6. The number of hydrogen-bond acceptors (Lipinski definition) is 7. The lowest BCUT2D eigenvalue weighted by molar-refractivity contribution is -0.0459. The summed E-state index contributed by atoms with van der Waals surface area (Å²) in [4.78, 5) is 10.5. The molecule has 0 atom stereocenters. The summed E-state index contributed by atoms with van der Waals surface area (Å²) in [6.45, 7) is 2.04. The van der Waals surface area contributed by atoms with E-state index in [2.05, 4.69) is 9.97 Å². The van der Waals surface area contributed by atoms with Crippen molar-refractivity contribution < 1.29 is 18.9 Å². The van der Waals surface area contributed by atoms with Crippen molar-refractivity contribution in [2.45, 2.75) is 19.4 Å². The van der Waals surface area contributed by atoms with E-state index in [1.807, 2.05) is 54.4 Å². The number of ether oxygens (including phenoxy) is 4. The molecule has 0 aliphatic carbocycles. The van der Waals surface area contributed by atoms with Crippen LogP contribution in [0.25, 0.3) is 0 Å². The van der Waals surface area contributed by atoms with Crippen LogP contribution in [0.4, 0.5) is 5.95 Å². The molecule has 0 amide bonds. The maximum Gasteiger partial charge on any atom is 0.226 e. The minimum absolute atomic E-state index is 0.398. The van der Waals surface area contributed by atoms with Gasteiger partial charge in [-0.15, -0.1) is 0 Å². The maximum absolute atomic E-state index is 6.31. The molecular formula is C23H24ClN3O4. The summed E-state index contributed by atoms with van der Waals surface area (Å²) in [6, 6.07) is 15.4. The van der Waals surface area contributed by atoms with Crippen LogP contribution in [0.2, 0.25) is 5.15 Å². The van der Waals surface area contributed by atoms with E-state index in [9.17, 15) is 0 Å². The average Bonchev–Trinajstić information content (AvgIpc) is 3.33. The van der Waals surface area contributed by atoms with E-state index >= 15 is 0 Å². The van der Waals surface area contributed by atoms with Crippen LogP contribution < -0.4 is 14.4 Å². The summed E-state index contributed by atoms with van der Waals surface area (Å²) in [7, 11) is 3.56. The maximum atomic E-state index is 6.31. The molecule has 2 heterocycles. The SMILES string of the molecule is COc1ccc(COc2c(CN(C)c3nccc(Cl)n3)cccc2C2OCCO2)cc1. The highest BCUT2D eigenvalue weighted by molar-refractivity contribution is 6.29. The van der Waals surface area contributed by atoms with Gasteiger partial charge in [0.15, 0.2) is 6.29 Å². The number of nitrogens with zero attached hydrogens (tertiary/aromatic N) is 3. The van der Waals surface area contributed by atoms with E-state index < -0.39 is 6.29 Å². The Kier molecular flexibility index (Phi) is 6.86. The fourth-order valence-corrected chi connectivity index (χ4v) is 3.48. The zero-order valence-electron chi connectivity index (χ0n) is 17.5. The van der Waals surface area contributed by atoms with Crippen LogP contribution in [0, 0.1) is 0 Å². The Bertz CT molecular complexity index is 1010. The molecule has 7 nitrogen and oxygen atoms in total. The van der Waals surface area contributed by atoms with Crippen LogP contribution in [-0.2, 0) is 22.6 Å². The van der Waals surface area contributed by atoms with E-state index in [0.29, 0.717) is 37.5 Å². The number of hydrogen-bond donors (Lipinski definition) is 0. The van der Waals surface area contributed by atoms with Gasteiger partial charge < -0.3 is 23.8 Å². The van der Waals surface area contributed by atoms with Gasteiger partial charge in [0, 0.05) is 25.4 Å². The second-order valence-electron chi connectivity index (χ2n) is 7.08. The molecular weight excluding hydrogens is 418 g/mol. The van der Waals surface area contributed by atoms with Crippen molar-refractivity contribution in [1.29, 1.82) is 0 Å². The average molecular weight is 442 g/mol. The molecule has 0 N–H and O–H groups in total. The summed E-state index contributed by atoms with van der Waals surface area (Å²) < 4.78 is 23.0. The molecule has 1 aliphatic rings. The Morgan fingerprint density at radius 2 is 1.87 bits per heavy atom. The van der Waals surface area contributed by atoms with Gasteiger partial charge in [0.2, 0.25) is 5.95 Å². The third-order valence-corrected chi connectivity index (χ3v) is 5.11. The Morgan fingerprint density at radius 3 is 2.58 bits per heavy atom. The number of aromatic nitrogens is 2. The lowest BCUT2D eigenvalue weighted by Crippen LogP contribution is -2.20. The normalized spacial score (nSPS) is 13.9. The van der Waals surface area contributed by atoms with Gasteiger partial charge in [0.05, 0.1) is 25.9 Å². The van der Waals surface area contributed by atoms with Gasteiger partial charge in [-0.05, 0) is 23.8 Å². The molecule has 1 saturated heterocycles. The number of anilines is 1. The first-order valence-corrected chi connectivity index (χ1v) is 10.3. The standard InChI is InChI=1S/C23H24ClN3O4/c1-27(23-25-11-10-20(24)26-23)14-17-4-3-5-19(22-29-12-13-30-22)21(17)31-15-16-6-8-18(28-2)9-7-16/h3-11,22H,12-15H2,1-2H3. The molecule has 1 aromatic heterocycles. The van der Waals surface area contributed by atoms with Gasteiger partial charge in [-0.2, -0.15) is 0 Å². The first-order chi connectivity index (χ1) is 15.1. The molecule has 0 saturated carbocycles. The monoisotopic (exact) mass is 441 g/mol. The van der Waals surface area contributed by atoms with E-state index in [0.717, 1.165) is 28.2 Å².